The predicted molar refractivity (Wildman–Crippen MR) is 101 cm³/mol. The molecule has 3 unspecified atom stereocenters. The smallest absolute Gasteiger partial charge is 0.227 e. The number of carbonyl (C=O) groups excluding carboxylic acids is 1. The third-order valence-electron chi connectivity index (χ3n) is 5.57. The van der Waals surface area contributed by atoms with Gasteiger partial charge in [-0.25, -0.2) is 9.67 Å². The molecule has 0 spiro atoms. The first-order valence-corrected chi connectivity index (χ1v) is 9.82. The highest BCUT2D eigenvalue weighted by Crippen LogP contribution is 2.27. The normalized spacial score (nSPS) is 26.2. The molecule has 0 aromatic carbocycles. The maximum Gasteiger partial charge on any atom is 0.227 e. The quantitative estimate of drug-likeness (QED) is 0.820. The van der Waals surface area contributed by atoms with Gasteiger partial charge in [-0.3, -0.25) is 4.79 Å². The zero-order valence-electron chi connectivity index (χ0n) is 16.0. The molecule has 0 N–H and O–H groups in total. The van der Waals surface area contributed by atoms with Crippen LogP contribution in [-0.4, -0.2) is 61.9 Å². The summed E-state index contributed by atoms with van der Waals surface area (Å²) in [6, 6.07) is 3.83. The Labute approximate surface area is 159 Å². The van der Waals surface area contributed by atoms with E-state index in [9.17, 15) is 4.79 Å². The zero-order valence-corrected chi connectivity index (χ0v) is 16.0. The molecule has 2 aliphatic heterocycles. The highest BCUT2D eigenvalue weighted by Gasteiger charge is 2.33. The van der Waals surface area contributed by atoms with Crippen molar-refractivity contribution in [2.75, 3.05) is 31.1 Å². The second-order valence-corrected chi connectivity index (χ2v) is 8.06. The van der Waals surface area contributed by atoms with Crippen LogP contribution in [0.3, 0.4) is 0 Å². The molecule has 1 amide bonds. The molecule has 8 heteroatoms. The van der Waals surface area contributed by atoms with Crippen LogP contribution in [0.1, 0.15) is 33.1 Å². The van der Waals surface area contributed by atoms with Crippen LogP contribution < -0.4 is 4.90 Å². The summed E-state index contributed by atoms with van der Waals surface area (Å²) in [4.78, 5) is 21.3. The largest absolute Gasteiger partial charge is 0.354 e. The molecule has 8 nitrogen and oxygen atoms in total. The van der Waals surface area contributed by atoms with E-state index in [4.69, 9.17) is 0 Å². The summed E-state index contributed by atoms with van der Waals surface area (Å²) in [5.41, 5.74) is 0. The molecular formula is C19H27N7O. The second kappa shape index (κ2) is 7.62. The Kier molecular flexibility index (Phi) is 5.05. The van der Waals surface area contributed by atoms with E-state index in [-0.39, 0.29) is 5.92 Å². The molecule has 4 heterocycles. The van der Waals surface area contributed by atoms with E-state index in [0.717, 1.165) is 44.8 Å². The van der Waals surface area contributed by atoms with E-state index in [1.54, 1.807) is 11.0 Å². The lowest BCUT2D eigenvalue weighted by Crippen LogP contribution is -2.49. The molecule has 2 aromatic rings. The first-order valence-electron chi connectivity index (χ1n) is 9.82. The third-order valence-corrected chi connectivity index (χ3v) is 5.57. The van der Waals surface area contributed by atoms with Crippen molar-refractivity contribution in [3.63, 3.8) is 0 Å². The highest BCUT2D eigenvalue weighted by molar-refractivity contribution is 5.80. The number of hydrogen-bond donors (Lipinski definition) is 0. The number of carbonyl (C=O) groups is 1. The van der Waals surface area contributed by atoms with E-state index in [1.165, 1.54) is 12.7 Å². The average Bonchev–Trinajstić information content (AvgIpc) is 3.22. The van der Waals surface area contributed by atoms with Crippen molar-refractivity contribution in [2.45, 2.75) is 33.1 Å². The number of likely N-dealkylation sites (tertiary alicyclic amines) is 1. The van der Waals surface area contributed by atoms with Crippen LogP contribution in [-0.2, 0) is 4.79 Å². The summed E-state index contributed by atoms with van der Waals surface area (Å²) in [6.07, 6.45) is 6.24. The van der Waals surface area contributed by atoms with E-state index < -0.39 is 0 Å². The van der Waals surface area contributed by atoms with Gasteiger partial charge in [0.2, 0.25) is 5.91 Å². The average molecular weight is 369 g/mol. The van der Waals surface area contributed by atoms with Gasteiger partial charge in [0.15, 0.2) is 11.6 Å². The predicted octanol–water partition coefficient (Wildman–Crippen LogP) is 1.78. The minimum atomic E-state index is 0.0491. The molecule has 27 heavy (non-hydrogen) atoms. The SMILES string of the molecule is CC1CC(C)CN(C(=O)C2CCCN(c3ccc(-n4cncn4)nn3)C2)C1. The molecular weight excluding hydrogens is 342 g/mol. The molecule has 0 saturated carbocycles. The van der Waals surface area contributed by atoms with Crippen molar-refractivity contribution in [1.82, 2.24) is 29.9 Å². The van der Waals surface area contributed by atoms with E-state index in [1.807, 2.05) is 12.1 Å². The number of hydrogen-bond acceptors (Lipinski definition) is 6. The Morgan fingerprint density at radius 2 is 1.81 bits per heavy atom. The molecule has 2 fully saturated rings. The van der Waals surface area contributed by atoms with Gasteiger partial charge in [-0.15, -0.1) is 10.2 Å². The van der Waals surface area contributed by atoms with Crippen LogP contribution in [0.5, 0.6) is 0 Å². The maximum atomic E-state index is 13.1. The summed E-state index contributed by atoms with van der Waals surface area (Å²) in [5.74, 6) is 2.99. The van der Waals surface area contributed by atoms with E-state index in [0.29, 0.717) is 23.6 Å². The van der Waals surface area contributed by atoms with E-state index in [2.05, 4.69) is 43.9 Å². The van der Waals surface area contributed by atoms with Gasteiger partial charge in [0.25, 0.3) is 0 Å². The fraction of sp³-hybridized carbons (Fsp3) is 0.632. The van der Waals surface area contributed by atoms with E-state index >= 15 is 0 Å². The second-order valence-electron chi connectivity index (χ2n) is 8.06. The Morgan fingerprint density at radius 3 is 2.48 bits per heavy atom. The molecule has 2 saturated heterocycles. The molecule has 2 aromatic heterocycles. The molecule has 0 aliphatic carbocycles. The number of amides is 1. The van der Waals surface area contributed by atoms with Crippen molar-refractivity contribution in [3.8, 4) is 5.82 Å². The lowest BCUT2D eigenvalue weighted by molar-refractivity contribution is -0.138. The minimum Gasteiger partial charge on any atom is -0.354 e. The van der Waals surface area contributed by atoms with Gasteiger partial charge in [-0.05, 0) is 43.2 Å². The molecule has 4 rings (SSSR count). The van der Waals surface area contributed by atoms with Crippen LogP contribution in [0, 0.1) is 17.8 Å². The minimum absolute atomic E-state index is 0.0491. The van der Waals surface area contributed by atoms with Gasteiger partial charge in [0, 0.05) is 26.2 Å². The molecule has 0 bridgehead atoms. The molecule has 0 radical (unpaired) electrons. The zero-order chi connectivity index (χ0) is 18.8. The lowest BCUT2D eigenvalue weighted by Gasteiger charge is -2.39. The van der Waals surface area contributed by atoms with Crippen molar-refractivity contribution >= 4 is 11.7 Å². The monoisotopic (exact) mass is 369 g/mol. The van der Waals surface area contributed by atoms with Gasteiger partial charge < -0.3 is 9.80 Å². The van der Waals surface area contributed by atoms with Crippen LogP contribution in [0.15, 0.2) is 24.8 Å². The topological polar surface area (TPSA) is 80.0 Å². The lowest BCUT2D eigenvalue weighted by atomic mass is 9.89. The maximum absolute atomic E-state index is 13.1. The fourth-order valence-corrected chi connectivity index (χ4v) is 4.42. The highest BCUT2D eigenvalue weighted by atomic mass is 16.2. The van der Waals surface area contributed by atoms with Crippen LogP contribution in [0.2, 0.25) is 0 Å². The van der Waals surface area contributed by atoms with Gasteiger partial charge in [0.1, 0.15) is 12.7 Å². The summed E-state index contributed by atoms with van der Waals surface area (Å²) < 4.78 is 1.58. The van der Waals surface area contributed by atoms with Gasteiger partial charge in [-0.1, -0.05) is 13.8 Å². The summed E-state index contributed by atoms with van der Waals surface area (Å²) >= 11 is 0. The first kappa shape index (κ1) is 17.9. The number of aromatic nitrogens is 5. The third kappa shape index (κ3) is 3.94. The molecule has 3 atom stereocenters. The number of piperidine rings is 2. The van der Waals surface area contributed by atoms with Crippen molar-refractivity contribution in [3.05, 3.63) is 24.8 Å². The summed E-state index contributed by atoms with van der Waals surface area (Å²) in [5, 5.41) is 12.7. The van der Waals surface area contributed by atoms with Crippen molar-refractivity contribution in [1.29, 1.82) is 0 Å². The number of nitrogens with zero attached hydrogens (tertiary/aromatic N) is 7. The number of rotatable bonds is 3. The Bertz CT molecular complexity index is 751. The van der Waals surface area contributed by atoms with Crippen LogP contribution in [0.25, 0.3) is 5.82 Å². The van der Waals surface area contributed by atoms with Crippen molar-refractivity contribution in [2.24, 2.45) is 17.8 Å². The summed E-state index contributed by atoms with van der Waals surface area (Å²) in [6.45, 7) is 7.91. The first-order chi connectivity index (χ1) is 13.1. The Hall–Kier alpha value is -2.51. The molecule has 2 aliphatic rings. The van der Waals surface area contributed by atoms with Crippen molar-refractivity contribution < 1.29 is 4.79 Å². The summed E-state index contributed by atoms with van der Waals surface area (Å²) in [7, 11) is 0. The van der Waals surface area contributed by atoms with Crippen LogP contribution >= 0.6 is 0 Å². The molecule has 144 valence electrons. The Balaban J connectivity index is 1.42. The fourth-order valence-electron chi connectivity index (χ4n) is 4.42. The van der Waals surface area contributed by atoms with Crippen LogP contribution in [0.4, 0.5) is 5.82 Å². The van der Waals surface area contributed by atoms with Gasteiger partial charge >= 0.3 is 0 Å². The van der Waals surface area contributed by atoms with Gasteiger partial charge in [-0.2, -0.15) is 5.10 Å². The number of anilines is 1. The van der Waals surface area contributed by atoms with Gasteiger partial charge in [0.05, 0.1) is 5.92 Å². The Morgan fingerprint density at radius 1 is 1.07 bits per heavy atom. The standard InChI is InChI=1S/C19H27N7O/c1-14-8-15(2)10-25(9-14)19(27)16-4-3-7-24(11-16)17-5-6-18(23-22-17)26-13-20-12-21-26/h5-6,12-16H,3-4,7-11H2,1-2H3.